The third-order valence-electron chi connectivity index (χ3n) is 3.04. The van der Waals surface area contributed by atoms with E-state index in [4.69, 9.17) is 11.6 Å². The van der Waals surface area contributed by atoms with Crippen LogP contribution in [0.5, 0.6) is 0 Å². The maximum Gasteiger partial charge on any atom is 0.187 e. The zero-order valence-corrected chi connectivity index (χ0v) is 11.0. The fourth-order valence-corrected chi connectivity index (χ4v) is 3.28. The highest BCUT2D eigenvalue weighted by Crippen LogP contribution is 2.31. The van der Waals surface area contributed by atoms with Crippen molar-refractivity contribution >= 4 is 34.4 Å². The summed E-state index contributed by atoms with van der Waals surface area (Å²) in [5.74, 6) is 0. The van der Waals surface area contributed by atoms with Crippen molar-refractivity contribution in [2.45, 2.75) is 31.7 Å². The van der Waals surface area contributed by atoms with Crippen LogP contribution in [0.25, 0.3) is 0 Å². The molecule has 1 aromatic rings. The molecule has 0 aliphatic carbocycles. The highest BCUT2D eigenvalue weighted by atomic mass is 35.5. The second-order valence-corrected chi connectivity index (χ2v) is 5.52. The van der Waals surface area contributed by atoms with Crippen LogP contribution in [0.15, 0.2) is 0 Å². The maximum absolute atomic E-state index is 10.8. The quantitative estimate of drug-likeness (QED) is 0.860. The largest absolute Gasteiger partial charge is 0.394 e. The summed E-state index contributed by atoms with van der Waals surface area (Å²) in [6.45, 7) is 0.987. The van der Waals surface area contributed by atoms with E-state index in [1.807, 2.05) is 0 Å². The van der Waals surface area contributed by atoms with Crippen molar-refractivity contribution in [3.63, 3.8) is 0 Å². The summed E-state index contributed by atoms with van der Waals surface area (Å²) in [6, 6.07) is 0.0965. The predicted octanol–water partition coefficient (Wildman–Crippen LogP) is 2.35. The van der Waals surface area contributed by atoms with Gasteiger partial charge in [0.15, 0.2) is 16.6 Å². The van der Waals surface area contributed by atoms with Crippen molar-refractivity contribution in [1.82, 2.24) is 4.98 Å². The molecule has 0 saturated carbocycles. The number of hydrogen-bond donors (Lipinski definition) is 1. The first-order valence-electron chi connectivity index (χ1n) is 5.75. The Morgan fingerprint density at radius 1 is 1.53 bits per heavy atom. The Morgan fingerprint density at radius 3 is 3.00 bits per heavy atom. The van der Waals surface area contributed by atoms with E-state index in [1.165, 1.54) is 17.8 Å². The minimum Gasteiger partial charge on any atom is -0.394 e. The average Bonchev–Trinajstić information content (AvgIpc) is 2.57. The monoisotopic (exact) mass is 274 g/mol. The van der Waals surface area contributed by atoms with Crippen molar-refractivity contribution in [2.75, 3.05) is 18.1 Å². The summed E-state index contributed by atoms with van der Waals surface area (Å²) in [4.78, 5) is 17.5. The standard InChI is InChI=1S/C11H15ClN2O2S/c12-10-9(7-16)17-11(13-10)14-5-3-1-2-4-8(14)6-15/h7-8,15H,1-6H2. The van der Waals surface area contributed by atoms with Crippen molar-refractivity contribution in [3.8, 4) is 0 Å². The Kier molecular flexibility index (Phi) is 4.36. The molecule has 0 radical (unpaired) electrons. The van der Waals surface area contributed by atoms with Gasteiger partial charge in [0.2, 0.25) is 0 Å². The molecule has 6 heteroatoms. The molecule has 1 aromatic heterocycles. The Labute approximate surface area is 109 Å². The van der Waals surface area contributed by atoms with Crippen LogP contribution in [-0.2, 0) is 0 Å². The minimum absolute atomic E-state index is 0.0965. The molecule has 1 saturated heterocycles. The highest BCUT2D eigenvalue weighted by molar-refractivity contribution is 7.17. The molecule has 1 atom stereocenters. The fraction of sp³-hybridized carbons (Fsp3) is 0.636. The summed E-state index contributed by atoms with van der Waals surface area (Å²) in [7, 11) is 0. The van der Waals surface area contributed by atoms with E-state index in [2.05, 4.69) is 9.88 Å². The molecule has 17 heavy (non-hydrogen) atoms. The van der Waals surface area contributed by atoms with E-state index in [0.29, 0.717) is 4.88 Å². The lowest BCUT2D eigenvalue weighted by Gasteiger charge is -2.27. The second-order valence-electron chi connectivity index (χ2n) is 4.15. The highest BCUT2D eigenvalue weighted by Gasteiger charge is 2.24. The van der Waals surface area contributed by atoms with Gasteiger partial charge in [-0.3, -0.25) is 4.79 Å². The molecule has 1 aliphatic rings. The van der Waals surface area contributed by atoms with Crippen molar-refractivity contribution in [3.05, 3.63) is 10.0 Å². The van der Waals surface area contributed by atoms with E-state index in [0.717, 1.165) is 37.2 Å². The van der Waals surface area contributed by atoms with Gasteiger partial charge in [-0.25, -0.2) is 4.98 Å². The topological polar surface area (TPSA) is 53.4 Å². The molecule has 94 valence electrons. The number of aldehydes is 1. The Morgan fingerprint density at radius 2 is 2.35 bits per heavy atom. The lowest BCUT2D eigenvalue weighted by atomic mass is 10.1. The molecule has 0 bridgehead atoms. The number of carbonyl (C=O) groups excluding carboxylic acids is 1. The van der Waals surface area contributed by atoms with Crippen LogP contribution < -0.4 is 4.90 Å². The van der Waals surface area contributed by atoms with Crippen LogP contribution in [0, 0.1) is 0 Å². The summed E-state index contributed by atoms with van der Waals surface area (Å²) in [6.07, 6.45) is 5.08. The lowest BCUT2D eigenvalue weighted by molar-refractivity contribution is 0.112. The molecule has 2 heterocycles. The number of halogens is 1. The maximum atomic E-state index is 10.8. The molecule has 0 aromatic carbocycles. The fourth-order valence-electron chi connectivity index (χ4n) is 2.12. The normalized spacial score (nSPS) is 21.3. The number of aliphatic hydroxyl groups is 1. The van der Waals surface area contributed by atoms with Crippen LogP contribution >= 0.6 is 22.9 Å². The van der Waals surface area contributed by atoms with Gasteiger partial charge in [0.25, 0.3) is 0 Å². The number of aromatic nitrogens is 1. The Hall–Kier alpha value is -0.650. The van der Waals surface area contributed by atoms with Crippen LogP contribution in [-0.4, -0.2) is 35.6 Å². The van der Waals surface area contributed by atoms with Gasteiger partial charge in [0, 0.05) is 6.54 Å². The lowest BCUT2D eigenvalue weighted by Crippen LogP contribution is -2.37. The average molecular weight is 275 g/mol. The Balaban J connectivity index is 2.24. The molecule has 2 rings (SSSR count). The van der Waals surface area contributed by atoms with E-state index in [-0.39, 0.29) is 17.8 Å². The van der Waals surface area contributed by atoms with Gasteiger partial charge >= 0.3 is 0 Å². The third kappa shape index (κ3) is 2.78. The van der Waals surface area contributed by atoms with Gasteiger partial charge in [-0.1, -0.05) is 35.8 Å². The molecule has 0 amide bonds. The number of rotatable bonds is 3. The molecule has 1 fully saturated rings. The number of hydrogen-bond acceptors (Lipinski definition) is 5. The number of thiazole rings is 1. The SMILES string of the molecule is O=Cc1sc(N2CCCCCC2CO)nc1Cl. The number of nitrogens with zero attached hydrogens (tertiary/aromatic N) is 2. The van der Waals surface area contributed by atoms with Gasteiger partial charge < -0.3 is 10.0 Å². The van der Waals surface area contributed by atoms with Crippen molar-refractivity contribution < 1.29 is 9.90 Å². The molecule has 1 unspecified atom stereocenters. The predicted molar refractivity (Wildman–Crippen MR) is 69.2 cm³/mol. The van der Waals surface area contributed by atoms with Crippen LogP contribution in [0.1, 0.15) is 35.4 Å². The molecule has 1 N–H and O–H groups in total. The first kappa shape index (κ1) is 12.8. The minimum atomic E-state index is 0.0965. The molecular weight excluding hydrogens is 260 g/mol. The number of aliphatic hydroxyl groups excluding tert-OH is 1. The number of carbonyl (C=O) groups is 1. The van der Waals surface area contributed by atoms with E-state index >= 15 is 0 Å². The van der Waals surface area contributed by atoms with Crippen molar-refractivity contribution in [1.29, 1.82) is 0 Å². The third-order valence-corrected chi connectivity index (χ3v) is 4.46. The summed E-state index contributed by atoms with van der Waals surface area (Å²) < 4.78 is 0. The van der Waals surface area contributed by atoms with Crippen molar-refractivity contribution in [2.24, 2.45) is 0 Å². The van der Waals surface area contributed by atoms with Gasteiger partial charge in [-0.05, 0) is 12.8 Å². The van der Waals surface area contributed by atoms with Crippen LogP contribution in [0.4, 0.5) is 5.13 Å². The molecule has 4 nitrogen and oxygen atoms in total. The number of anilines is 1. The first-order chi connectivity index (χ1) is 8.26. The van der Waals surface area contributed by atoms with Gasteiger partial charge in [-0.15, -0.1) is 0 Å². The zero-order valence-electron chi connectivity index (χ0n) is 9.43. The van der Waals surface area contributed by atoms with Crippen LogP contribution in [0.2, 0.25) is 5.15 Å². The second kappa shape index (κ2) is 5.80. The smallest absolute Gasteiger partial charge is 0.187 e. The first-order valence-corrected chi connectivity index (χ1v) is 6.94. The van der Waals surface area contributed by atoms with Gasteiger partial charge in [-0.2, -0.15) is 0 Å². The Bertz CT molecular complexity index is 397. The molecule has 0 spiro atoms. The van der Waals surface area contributed by atoms with E-state index < -0.39 is 0 Å². The van der Waals surface area contributed by atoms with Gasteiger partial charge in [0.05, 0.1) is 12.6 Å². The van der Waals surface area contributed by atoms with E-state index in [9.17, 15) is 9.90 Å². The summed E-state index contributed by atoms with van der Waals surface area (Å²) >= 11 is 7.17. The molecular formula is C11H15ClN2O2S. The molecule has 1 aliphatic heterocycles. The van der Waals surface area contributed by atoms with Crippen LogP contribution in [0.3, 0.4) is 0 Å². The summed E-state index contributed by atoms with van der Waals surface area (Å²) in [5.41, 5.74) is 0. The van der Waals surface area contributed by atoms with Gasteiger partial charge in [0.1, 0.15) is 4.88 Å². The summed E-state index contributed by atoms with van der Waals surface area (Å²) in [5, 5.41) is 10.4. The zero-order chi connectivity index (χ0) is 12.3. The van der Waals surface area contributed by atoms with E-state index in [1.54, 1.807) is 0 Å².